The molecule has 1 aromatic carbocycles. The van der Waals surface area contributed by atoms with Crippen LogP contribution in [0.25, 0.3) is 0 Å². The first-order valence-corrected chi connectivity index (χ1v) is 6.05. The monoisotopic (exact) mass is 274 g/mol. The van der Waals surface area contributed by atoms with Gasteiger partial charge in [0.25, 0.3) is 0 Å². The van der Waals surface area contributed by atoms with Gasteiger partial charge in [0.15, 0.2) is 0 Å². The fourth-order valence-electron chi connectivity index (χ4n) is 1.16. The number of rotatable bonds is 3. The zero-order valence-electron chi connectivity index (χ0n) is 8.08. The van der Waals surface area contributed by atoms with Crippen LogP contribution in [0.5, 0.6) is 5.75 Å². The van der Waals surface area contributed by atoms with Gasteiger partial charge in [-0.15, -0.1) is 11.3 Å². The molecular formula is C10H8Cl2N2OS. The summed E-state index contributed by atoms with van der Waals surface area (Å²) in [4.78, 5) is 4.11. The van der Waals surface area contributed by atoms with E-state index < -0.39 is 0 Å². The lowest BCUT2D eigenvalue weighted by atomic mass is 10.3. The smallest absolute Gasteiger partial charge is 0.134 e. The number of hydrogen-bond acceptors (Lipinski definition) is 4. The van der Waals surface area contributed by atoms with E-state index in [2.05, 4.69) is 10.3 Å². The highest BCUT2D eigenvalue weighted by Gasteiger charge is 2.02. The molecule has 0 bridgehead atoms. The molecule has 1 aromatic heterocycles. The average Bonchev–Trinajstić information content (AvgIpc) is 2.66. The van der Waals surface area contributed by atoms with Gasteiger partial charge in [-0.2, -0.15) is 0 Å². The summed E-state index contributed by atoms with van der Waals surface area (Å²) in [5, 5.41) is 13.6. The molecule has 0 aliphatic rings. The third-order valence-corrected chi connectivity index (χ3v) is 3.33. The topological polar surface area (TPSA) is 45.1 Å². The second-order valence-electron chi connectivity index (χ2n) is 3.08. The fourth-order valence-corrected chi connectivity index (χ4v) is 2.24. The van der Waals surface area contributed by atoms with Gasteiger partial charge in [0.2, 0.25) is 0 Å². The fraction of sp³-hybridized carbons (Fsp3) is 0.100. The normalized spacial score (nSPS) is 10.4. The number of hydrogen-bond donors (Lipinski definition) is 2. The Kier molecular flexibility index (Phi) is 3.53. The maximum atomic E-state index is 9.24. The van der Waals surface area contributed by atoms with E-state index in [0.29, 0.717) is 15.9 Å². The van der Waals surface area contributed by atoms with Crippen molar-refractivity contribution in [3.05, 3.63) is 38.8 Å². The number of phenolic OH excluding ortho intramolecular Hbond substituents is 1. The lowest BCUT2D eigenvalue weighted by Crippen LogP contribution is -1.98. The first-order chi connectivity index (χ1) is 7.65. The van der Waals surface area contributed by atoms with Gasteiger partial charge in [-0.3, -0.25) is 0 Å². The van der Waals surface area contributed by atoms with Crippen LogP contribution in [0, 0.1) is 0 Å². The predicted octanol–water partition coefficient (Wildman–Crippen LogP) is 3.77. The number of nitrogens with one attached hydrogen (secondary N) is 1. The Bertz CT molecular complexity index is 501. The molecule has 0 amide bonds. The Morgan fingerprint density at radius 1 is 1.38 bits per heavy atom. The zero-order valence-corrected chi connectivity index (χ0v) is 10.4. The van der Waals surface area contributed by atoms with Gasteiger partial charge in [-0.05, 0) is 18.2 Å². The molecule has 0 saturated carbocycles. The Labute approximate surface area is 107 Å². The van der Waals surface area contributed by atoms with Gasteiger partial charge >= 0.3 is 0 Å². The van der Waals surface area contributed by atoms with Crippen molar-refractivity contribution in [3.63, 3.8) is 0 Å². The number of thiazole rings is 1. The Balaban J connectivity index is 2.02. The molecule has 0 aliphatic heterocycles. The molecule has 2 N–H and O–H groups in total. The van der Waals surface area contributed by atoms with Crippen LogP contribution in [-0.4, -0.2) is 10.1 Å². The van der Waals surface area contributed by atoms with E-state index in [1.54, 1.807) is 24.4 Å². The SMILES string of the molecule is Oc1ccc(NCc2ncc(Cl)s2)cc1Cl. The lowest BCUT2D eigenvalue weighted by Gasteiger charge is -2.05. The van der Waals surface area contributed by atoms with Gasteiger partial charge < -0.3 is 10.4 Å². The van der Waals surface area contributed by atoms with Gasteiger partial charge in [0.1, 0.15) is 15.1 Å². The molecule has 0 spiro atoms. The third-order valence-electron chi connectivity index (χ3n) is 1.92. The summed E-state index contributed by atoms with van der Waals surface area (Å²) in [5.74, 6) is 0.0736. The van der Waals surface area contributed by atoms with E-state index in [4.69, 9.17) is 23.2 Å². The predicted molar refractivity (Wildman–Crippen MR) is 67.6 cm³/mol. The third kappa shape index (κ3) is 2.78. The number of aromatic nitrogens is 1. The summed E-state index contributed by atoms with van der Waals surface area (Å²) in [6.45, 7) is 0.582. The molecular weight excluding hydrogens is 267 g/mol. The molecule has 6 heteroatoms. The maximum absolute atomic E-state index is 9.24. The number of halogens is 2. The summed E-state index contributed by atoms with van der Waals surface area (Å²) >= 11 is 13.0. The number of phenols is 1. The van der Waals surface area contributed by atoms with E-state index >= 15 is 0 Å². The summed E-state index contributed by atoms with van der Waals surface area (Å²) in [7, 11) is 0. The largest absolute Gasteiger partial charge is 0.506 e. The Hall–Kier alpha value is -0.970. The molecule has 0 aliphatic carbocycles. The van der Waals surface area contributed by atoms with Crippen LogP contribution >= 0.6 is 34.5 Å². The van der Waals surface area contributed by atoms with Crippen molar-refractivity contribution in [3.8, 4) is 5.75 Å². The van der Waals surface area contributed by atoms with Crippen LogP contribution in [0.3, 0.4) is 0 Å². The van der Waals surface area contributed by atoms with E-state index in [0.717, 1.165) is 10.7 Å². The average molecular weight is 275 g/mol. The molecule has 1 heterocycles. The molecule has 0 fully saturated rings. The van der Waals surface area contributed by atoms with Crippen molar-refractivity contribution in [2.75, 3.05) is 5.32 Å². The molecule has 0 unspecified atom stereocenters. The van der Waals surface area contributed by atoms with Crippen LogP contribution in [0.4, 0.5) is 5.69 Å². The minimum atomic E-state index is 0.0736. The van der Waals surface area contributed by atoms with Crippen LogP contribution in [0.15, 0.2) is 24.4 Å². The molecule has 2 aromatic rings. The molecule has 3 nitrogen and oxygen atoms in total. The highest BCUT2D eigenvalue weighted by atomic mass is 35.5. The van der Waals surface area contributed by atoms with Crippen molar-refractivity contribution in [2.45, 2.75) is 6.54 Å². The molecule has 0 atom stereocenters. The first kappa shape index (κ1) is 11.5. The molecule has 2 rings (SSSR count). The molecule has 84 valence electrons. The van der Waals surface area contributed by atoms with Crippen LogP contribution in [0.2, 0.25) is 9.36 Å². The van der Waals surface area contributed by atoms with E-state index in [9.17, 15) is 5.11 Å². The van der Waals surface area contributed by atoms with E-state index in [1.807, 2.05) is 0 Å². The van der Waals surface area contributed by atoms with Gasteiger partial charge in [-0.1, -0.05) is 23.2 Å². The van der Waals surface area contributed by atoms with Gasteiger partial charge in [-0.25, -0.2) is 4.98 Å². The first-order valence-electron chi connectivity index (χ1n) is 4.48. The van der Waals surface area contributed by atoms with E-state index in [-0.39, 0.29) is 5.75 Å². The number of nitrogens with zero attached hydrogens (tertiary/aromatic N) is 1. The number of anilines is 1. The Morgan fingerprint density at radius 2 is 2.19 bits per heavy atom. The minimum Gasteiger partial charge on any atom is -0.506 e. The van der Waals surface area contributed by atoms with Crippen LogP contribution in [-0.2, 0) is 6.54 Å². The second-order valence-corrected chi connectivity index (χ2v) is 5.23. The summed E-state index contributed by atoms with van der Waals surface area (Å²) in [6.07, 6.45) is 1.62. The van der Waals surface area contributed by atoms with Gasteiger partial charge in [0.05, 0.1) is 17.8 Å². The van der Waals surface area contributed by atoms with E-state index in [1.165, 1.54) is 11.3 Å². The van der Waals surface area contributed by atoms with Gasteiger partial charge in [0, 0.05) is 5.69 Å². The number of aromatic hydroxyl groups is 1. The Morgan fingerprint density at radius 3 is 2.81 bits per heavy atom. The van der Waals surface area contributed by atoms with Crippen molar-refractivity contribution >= 4 is 40.2 Å². The summed E-state index contributed by atoms with van der Waals surface area (Å²) < 4.78 is 0.667. The lowest BCUT2D eigenvalue weighted by molar-refractivity contribution is 0.475. The molecule has 0 saturated heterocycles. The number of benzene rings is 1. The summed E-state index contributed by atoms with van der Waals surface area (Å²) in [6, 6.07) is 4.95. The summed E-state index contributed by atoms with van der Waals surface area (Å²) in [5.41, 5.74) is 0.828. The molecule has 0 radical (unpaired) electrons. The quantitative estimate of drug-likeness (QED) is 0.838. The maximum Gasteiger partial charge on any atom is 0.134 e. The van der Waals surface area contributed by atoms with Crippen molar-refractivity contribution < 1.29 is 5.11 Å². The van der Waals surface area contributed by atoms with Crippen LogP contribution < -0.4 is 5.32 Å². The van der Waals surface area contributed by atoms with Crippen molar-refractivity contribution in [2.24, 2.45) is 0 Å². The standard InChI is InChI=1S/C10H8Cl2N2OS/c11-7-3-6(1-2-8(7)15)13-5-10-14-4-9(12)16-10/h1-4,13,15H,5H2. The highest BCUT2D eigenvalue weighted by molar-refractivity contribution is 7.15. The van der Waals surface area contributed by atoms with Crippen LogP contribution in [0.1, 0.15) is 5.01 Å². The second kappa shape index (κ2) is 4.91. The van der Waals surface area contributed by atoms with Crippen molar-refractivity contribution in [1.29, 1.82) is 0 Å². The minimum absolute atomic E-state index is 0.0736. The van der Waals surface area contributed by atoms with Crippen molar-refractivity contribution in [1.82, 2.24) is 4.98 Å². The highest BCUT2D eigenvalue weighted by Crippen LogP contribution is 2.26. The zero-order chi connectivity index (χ0) is 11.5. The molecule has 16 heavy (non-hydrogen) atoms.